The lowest BCUT2D eigenvalue weighted by Crippen LogP contribution is -2.32. The van der Waals surface area contributed by atoms with Crippen LogP contribution in [0, 0.1) is 0 Å². The number of nitrogens with zero attached hydrogens (tertiary/aromatic N) is 4. The van der Waals surface area contributed by atoms with Gasteiger partial charge in [-0.1, -0.05) is 6.07 Å². The molecule has 1 amide bonds. The number of H-pyrrole nitrogens is 1. The highest BCUT2D eigenvalue weighted by Crippen LogP contribution is 2.39. The average molecular weight is 478 g/mol. The summed E-state index contributed by atoms with van der Waals surface area (Å²) in [7, 11) is 5.12. The highest BCUT2D eigenvalue weighted by molar-refractivity contribution is 5.96. The van der Waals surface area contributed by atoms with Crippen LogP contribution in [0.15, 0.2) is 36.4 Å². The number of nitrogens with one attached hydrogen (secondary N) is 1. The minimum absolute atomic E-state index is 0.151. The second kappa shape index (κ2) is 9.95. The van der Waals surface area contributed by atoms with Crippen molar-refractivity contribution in [2.24, 2.45) is 0 Å². The van der Waals surface area contributed by atoms with E-state index >= 15 is 0 Å². The molecule has 0 atom stereocenters. The van der Waals surface area contributed by atoms with Gasteiger partial charge in [0, 0.05) is 42.9 Å². The minimum Gasteiger partial charge on any atom is -0.491 e. The summed E-state index contributed by atoms with van der Waals surface area (Å²) in [5.41, 5.74) is 4.86. The van der Waals surface area contributed by atoms with Gasteiger partial charge in [0.15, 0.2) is 0 Å². The van der Waals surface area contributed by atoms with Gasteiger partial charge in [0.1, 0.15) is 17.9 Å². The largest absolute Gasteiger partial charge is 0.491 e. The van der Waals surface area contributed by atoms with Crippen molar-refractivity contribution in [2.45, 2.75) is 38.4 Å². The van der Waals surface area contributed by atoms with E-state index in [2.05, 4.69) is 45.3 Å². The molecule has 3 aromatic rings. The van der Waals surface area contributed by atoms with E-state index in [-0.39, 0.29) is 11.8 Å². The van der Waals surface area contributed by atoms with Crippen molar-refractivity contribution in [3.05, 3.63) is 64.5 Å². The standard InChI is InChI=1S/C26H31N5O4/c1-30(16-20-13-22(29-28-20)18-5-6-18)14-17-4-8-23-19(12-17)15-31(10-11-35-23)26(32)21-7-9-24(33-2)27-25(21)34-3/h4,7-9,12-13,18H,5-6,10-11,14-16H2,1-3H3,(H,28,29). The fourth-order valence-corrected chi connectivity index (χ4v) is 4.45. The summed E-state index contributed by atoms with van der Waals surface area (Å²) >= 11 is 0. The highest BCUT2D eigenvalue weighted by Gasteiger charge is 2.27. The SMILES string of the molecule is COc1ccc(C(=O)N2CCOc3ccc(CN(C)Cc4cc(C5CC5)n[nH]4)cc3C2)c(OC)n1. The second-order valence-corrected chi connectivity index (χ2v) is 9.19. The Morgan fingerprint density at radius 1 is 1.17 bits per heavy atom. The Bertz CT molecular complexity index is 1210. The smallest absolute Gasteiger partial charge is 0.259 e. The first kappa shape index (κ1) is 23.2. The molecule has 1 N–H and O–H groups in total. The number of methoxy groups -OCH3 is 2. The van der Waals surface area contributed by atoms with E-state index in [0.717, 1.165) is 35.7 Å². The summed E-state index contributed by atoms with van der Waals surface area (Å²) in [6.45, 7) is 2.91. The van der Waals surface area contributed by atoms with Crippen LogP contribution in [0.4, 0.5) is 0 Å². The summed E-state index contributed by atoms with van der Waals surface area (Å²) in [5, 5.41) is 7.63. The van der Waals surface area contributed by atoms with Gasteiger partial charge in [-0.15, -0.1) is 0 Å². The lowest BCUT2D eigenvalue weighted by atomic mass is 10.1. The first-order valence-corrected chi connectivity index (χ1v) is 11.9. The van der Waals surface area contributed by atoms with Crippen LogP contribution in [-0.4, -0.2) is 65.3 Å². The lowest BCUT2D eigenvalue weighted by Gasteiger charge is -2.21. The molecule has 0 spiro atoms. The number of benzene rings is 1. The zero-order valence-corrected chi connectivity index (χ0v) is 20.4. The van der Waals surface area contributed by atoms with E-state index in [4.69, 9.17) is 14.2 Å². The summed E-state index contributed by atoms with van der Waals surface area (Å²) < 4.78 is 16.5. The highest BCUT2D eigenvalue weighted by atomic mass is 16.5. The van der Waals surface area contributed by atoms with Gasteiger partial charge in [-0.05, 0) is 49.7 Å². The van der Waals surface area contributed by atoms with Gasteiger partial charge in [0.2, 0.25) is 11.8 Å². The third kappa shape index (κ3) is 5.24. The van der Waals surface area contributed by atoms with Crippen molar-refractivity contribution in [3.63, 3.8) is 0 Å². The molecule has 1 aliphatic carbocycles. The molecule has 184 valence electrons. The van der Waals surface area contributed by atoms with Crippen LogP contribution in [-0.2, 0) is 19.6 Å². The number of amides is 1. The Labute approximate surface area is 205 Å². The van der Waals surface area contributed by atoms with Gasteiger partial charge in [-0.3, -0.25) is 14.8 Å². The Morgan fingerprint density at radius 2 is 2.03 bits per heavy atom. The average Bonchev–Trinajstić information content (AvgIpc) is 3.65. The van der Waals surface area contributed by atoms with E-state index < -0.39 is 0 Å². The maximum absolute atomic E-state index is 13.4. The number of ether oxygens (including phenoxy) is 3. The Balaban J connectivity index is 1.28. The number of carbonyl (C=O) groups is 1. The number of fused-ring (bicyclic) bond motifs is 1. The molecule has 1 saturated carbocycles. The van der Waals surface area contributed by atoms with Crippen LogP contribution in [0.1, 0.15) is 51.6 Å². The number of aromatic nitrogens is 3. The topological polar surface area (TPSA) is 92.8 Å². The molecule has 2 aromatic heterocycles. The zero-order chi connectivity index (χ0) is 24.4. The van der Waals surface area contributed by atoms with Gasteiger partial charge in [-0.25, -0.2) is 0 Å². The van der Waals surface area contributed by atoms with Gasteiger partial charge in [0.05, 0.1) is 26.5 Å². The third-order valence-corrected chi connectivity index (χ3v) is 6.40. The zero-order valence-electron chi connectivity index (χ0n) is 20.4. The quantitative estimate of drug-likeness (QED) is 0.532. The van der Waals surface area contributed by atoms with E-state index in [1.807, 2.05) is 6.07 Å². The molecule has 0 bridgehead atoms. The van der Waals surface area contributed by atoms with Crippen LogP contribution in [0.25, 0.3) is 0 Å². The molecule has 1 fully saturated rings. The fraction of sp³-hybridized carbons (Fsp3) is 0.423. The lowest BCUT2D eigenvalue weighted by molar-refractivity contribution is 0.0728. The second-order valence-electron chi connectivity index (χ2n) is 9.19. The van der Waals surface area contributed by atoms with Crippen molar-refractivity contribution in [2.75, 3.05) is 34.4 Å². The third-order valence-electron chi connectivity index (χ3n) is 6.40. The molecule has 1 aliphatic heterocycles. The summed E-state index contributed by atoms with van der Waals surface area (Å²) in [6, 6.07) is 11.8. The predicted molar refractivity (Wildman–Crippen MR) is 130 cm³/mol. The molecular weight excluding hydrogens is 446 g/mol. The molecule has 35 heavy (non-hydrogen) atoms. The number of carbonyl (C=O) groups excluding carboxylic acids is 1. The molecule has 0 unspecified atom stereocenters. The van der Waals surface area contributed by atoms with Crippen molar-refractivity contribution in [3.8, 4) is 17.5 Å². The van der Waals surface area contributed by atoms with Crippen LogP contribution in [0.3, 0.4) is 0 Å². The predicted octanol–water partition coefficient (Wildman–Crippen LogP) is 3.37. The van der Waals surface area contributed by atoms with Crippen LogP contribution >= 0.6 is 0 Å². The summed E-state index contributed by atoms with van der Waals surface area (Å²) in [5.74, 6) is 1.96. The van der Waals surface area contributed by atoms with Crippen molar-refractivity contribution < 1.29 is 19.0 Å². The van der Waals surface area contributed by atoms with Crippen LogP contribution in [0.2, 0.25) is 0 Å². The van der Waals surface area contributed by atoms with Gasteiger partial charge >= 0.3 is 0 Å². The van der Waals surface area contributed by atoms with E-state index in [1.54, 1.807) is 17.0 Å². The summed E-state index contributed by atoms with van der Waals surface area (Å²) in [4.78, 5) is 21.6. The van der Waals surface area contributed by atoms with E-state index in [1.165, 1.54) is 32.8 Å². The fourth-order valence-electron chi connectivity index (χ4n) is 4.45. The van der Waals surface area contributed by atoms with E-state index in [9.17, 15) is 4.79 Å². The van der Waals surface area contributed by atoms with Gasteiger partial charge < -0.3 is 19.1 Å². The molecule has 0 radical (unpaired) electrons. The maximum Gasteiger partial charge on any atom is 0.259 e. The first-order valence-electron chi connectivity index (χ1n) is 11.9. The molecule has 9 nitrogen and oxygen atoms in total. The monoisotopic (exact) mass is 477 g/mol. The molecule has 3 heterocycles. The number of hydrogen-bond acceptors (Lipinski definition) is 7. The first-order chi connectivity index (χ1) is 17.0. The molecule has 2 aliphatic rings. The molecular formula is C26H31N5O4. The van der Waals surface area contributed by atoms with Gasteiger partial charge in [-0.2, -0.15) is 10.1 Å². The number of aromatic amines is 1. The Hall–Kier alpha value is -3.59. The molecule has 1 aromatic carbocycles. The Morgan fingerprint density at radius 3 is 2.80 bits per heavy atom. The maximum atomic E-state index is 13.4. The van der Waals surface area contributed by atoms with Crippen molar-refractivity contribution in [1.29, 1.82) is 0 Å². The Kier molecular flexibility index (Phi) is 6.59. The number of hydrogen-bond donors (Lipinski definition) is 1. The van der Waals surface area contributed by atoms with E-state index in [0.29, 0.717) is 37.1 Å². The minimum atomic E-state index is -0.151. The van der Waals surface area contributed by atoms with Crippen LogP contribution < -0.4 is 14.2 Å². The molecule has 9 heteroatoms. The normalized spacial score (nSPS) is 15.4. The molecule has 0 saturated heterocycles. The molecule has 5 rings (SSSR count). The van der Waals surface area contributed by atoms with Crippen LogP contribution in [0.5, 0.6) is 17.5 Å². The number of pyridine rings is 1. The number of rotatable bonds is 8. The van der Waals surface area contributed by atoms with Gasteiger partial charge in [0.25, 0.3) is 5.91 Å². The van der Waals surface area contributed by atoms with Crippen molar-refractivity contribution in [1.82, 2.24) is 25.0 Å². The summed E-state index contributed by atoms with van der Waals surface area (Å²) in [6.07, 6.45) is 2.50. The van der Waals surface area contributed by atoms with Crippen molar-refractivity contribution >= 4 is 5.91 Å².